The minimum atomic E-state index is -0.606. The highest BCUT2D eigenvalue weighted by Crippen LogP contribution is 2.27. The molecule has 0 unspecified atom stereocenters. The van der Waals surface area contributed by atoms with Crippen LogP contribution in [0.4, 0.5) is 0 Å². The molecule has 0 saturated heterocycles. The molecule has 0 bridgehead atoms. The quantitative estimate of drug-likeness (QED) is 0.782. The van der Waals surface area contributed by atoms with Gasteiger partial charge in [0.25, 0.3) is 5.91 Å². The molecule has 120 valence electrons. The molecule has 0 aliphatic carbocycles. The molecule has 4 rings (SSSR count). The first kappa shape index (κ1) is 14.9. The molecule has 4 nitrogen and oxygen atoms in total. The van der Waals surface area contributed by atoms with Gasteiger partial charge < -0.3 is 10.6 Å². The zero-order valence-corrected chi connectivity index (χ0v) is 13.8. The summed E-state index contributed by atoms with van der Waals surface area (Å²) in [5.74, 6) is -0.615. The lowest BCUT2D eigenvalue weighted by molar-refractivity contribution is -0.122. The first-order valence-corrected chi connectivity index (χ1v) is 8.66. The van der Waals surface area contributed by atoms with Crippen LogP contribution in [0.3, 0.4) is 0 Å². The minimum absolute atomic E-state index is 0.151. The summed E-state index contributed by atoms with van der Waals surface area (Å²) < 4.78 is 1.14. The van der Waals surface area contributed by atoms with E-state index in [1.165, 1.54) is 0 Å². The van der Waals surface area contributed by atoms with Crippen molar-refractivity contribution in [2.75, 3.05) is 0 Å². The summed E-state index contributed by atoms with van der Waals surface area (Å²) in [5.41, 5.74) is 8.31. The molecule has 2 N–H and O–H groups in total. The number of primary amides is 1. The van der Waals surface area contributed by atoms with Crippen LogP contribution in [0.5, 0.6) is 0 Å². The van der Waals surface area contributed by atoms with Gasteiger partial charge in [-0.05, 0) is 46.2 Å². The van der Waals surface area contributed by atoms with E-state index >= 15 is 0 Å². The van der Waals surface area contributed by atoms with E-state index in [2.05, 4.69) is 0 Å². The van der Waals surface area contributed by atoms with Gasteiger partial charge in [-0.15, -0.1) is 11.3 Å². The maximum absolute atomic E-state index is 13.0. The Kier molecular flexibility index (Phi) is 3.58. The Hall–Kier alpha value is -2.66. The average molecular weight is 336 g/mol. The lowest BCUT2D eigenvalue weighted by Gasteiger charge is -2.35. The first-order valence-electron chi connectivity index (χ1n) is 7.78. The van der Waals surface area contributed by atoms with Gasteiger partial charge in [-0.25, -0.2) is 0 Å². The maximum atomic E-state index is 13.0. The lowest BCUT2D eigenvalue weighted by atomic mass is 9.93. The fraction of sp³-hybridized carbons (Fsp3) is 0.158. The summed E-state index contributed by atoms with van der Waals surface area (Å²) >= 11 is 1.64. The number of nitrogens with two attached hydrogens (primary N) is 1. The van der Waals surface area contributed by atoms with Gasteiger partial charge in [0, 0.05) is 23.2 Å². The van der Waals surface area contributed by atoms with Crippen LogP contribution in [0, 0.1) is 0 Å². The SMILES string of the molecule is NC(=O)[C@@H]1Cc2ccccc2CN1C(=O)c1ccc2sccc2c1. The number of fused-ring (bicyclic) bond motifs is 2. The summed E-state index contributed by atoms with van der Waals surface area (Å²) in [6.45, 7) is 0.407. The predicted octanol–water partition coefficient (Wildman–Crippen LogP) is 2.95. The van der Waals surface area contributed by atoms with Crippen LogP contribution in [0.15, 0.2) is 53.9 Å². The molecule has 2 heterocycles. The van der Waals surface area contributed by atoms with Crippen molar-refractivity contribution >= 4 is 33.2 Å². The predicted molar refractivity (Wildman–Crippen MR) is 94.8 cm³/mol. The van der Waals surface area contributed by atoms with E-state index < -0.39 is 11.9 Å². The number of carbonyl (C=O) groups is 2. The van der Waals surface area contributed by atoms with Gasteiger partial charge in [0.2, 0.25) is 5.91 Å². The number of hydrogen-bond acceptors (Lipinski definition) is 3. The fourth-order valence-electron chi connectivity index (χ4n) is 3.26. The van der Waals surface area contributed by atoms with Crippen molar-refractivity contribution in [2.24, 2.45) is 5.73 Å². The Bertz CT molecular complexity index is 947. The second-order valence-corrected chi connectivity index (χ2v) is 6.94. The zero-order chi connectivity index (χ0) is 16.7. The molecule has 5 heteroatoms. The number of rotatable bonds is 2. The summed E-state index contributed by atoms with van der Waals surface area (Å²) in [6.07, 6.45) is 0.470. The Balaban J connectivity index is 1.72. The fourth-order valence-corrected chi connectivity index (χ4v) is 4.03. The van der Waals surface area contributed by atoms with Crippen molar-refractivity contribution in [2.45, 2.75) is 19.0 Å². The summed E-state index contributed by atoms with van der Waals surface area (Å²) in [5, 5.41) is 3.04. The second kappa shape index (κ2) is 5.76. The van der Waals surface area contributed by atoms with E-state index in [9.17, 15) is 9.59 Å². The molecule has 0 spiro atoms. The van der Waals surface area contributed by atoms with E-state index in [0.717, 1.165) is 21.2 Å². The Morgan fingerprint density at radius 2 is 1.88 bits per heavy atom. The van der Waals surface area contributed by atoms with Crippen molar-refractivity contribution in [1.29, 1.82) is 0 Å². The summed E-state index contributed by atoms with van der Waals surface area (Å²) in [4.78, 5) is 26.5. The Labute approximate surface area is 143 Å². The average Bonchev–Trinajstić information content (AvgIpc) is 3.07. The molecule has 1 aliphatic rings. The van der Waals surface area contributed by atoms with E-state index in [1.807, 2.05) is 53.9 Å². The van der Waals surface area contributed by atoms with Crippen molar-refractivity contribution in [1.82, 2.24) is 4.90 Å². The second-order valence-electron chi connectivity index (χ2n) is 6.00. The van der Waals surface area contributed by atoms with Gasteiger partial charge in [0.1, 0.15) is 6.04 Å². The molecular formula is C19H16N2O2S. The highest BCUT2D eigenvalue weighted by Gasteiger charge is 2.33. The van der Waals surface area contributed by atoms with E-state index in [4.69, 9.17) is 5.73 Å². The lowest BCUT2D eigenvalue weighted by Crippen LogP contribution is -2.51. The molecule has 0 radical (unpaired) electrons. The number of nitrogens with zero attached hydrogens (tertiary/aromatic N) is 1. The number of thiophene rings is 1. The number of hydrogen-bond donors (Lipinski definition) is 1. The number of amides is 2. The third-order valence-electron chi connectivity index (χ3n) is 4.54. The summed E-state index contributed by atoms with van der Waals surface area (Å²) in [7, 11) is 0. The molecule has 2 aromatic carbocycles. The van der Waals surface area contributed by atoms with Crippen LogP contribution < -0.4 is 5.73 Å². The van der Waals surface area contributed by atoms with E-state index in [1.54, 1.807) is 16.2 Å². The normalized spacial score (nSPS) is 16.8. The molecule has 2 amide bonds. The van der Waals surface area contributed by atoms with Gasteiger partial charge in [-0.1, -0.05) is 24.3 Å². The largest absolute Gasteiger partial charge is 0.368 e. The molecule has 1 aromatic heterocycles. The van der Waals surface area contributed by atoms with Crippen LogP contribution >= 0.6 is 11.3 Å². The molecule has 0 saturated carbocycles. The van der Waals surface area contributed by atoms with Crippen molar-refractivity contribution in [3.63, 3.8) is 0 Å². The van der Waals surface area contributed by atoms with E-state index in [-0.39, 0.29) is 5.91 Å². The standard InChI is InChI=1S/C19H16N2O2S/c20-18(22)16-10-12-3-1-2-4-15(12)11-21(16)19(23)14-5-6-17-13(9-14)7-8-24-17/h1-9,16H,10-11H2,(H2,20,22)/t16-/m0/s1. The van der Waals surface area contributed by atoms with Crippen LogP contribution in [-0.2, 0) is 17.8 Å². The van der Waals surface area contributed by atoms with Gasteiger partial charge >= 0.3 is 0 Å². The highest BCUT2D eigenvalue weighted by atomic mass is 32.1. The topological polar surface area (TPSA) is 63.4 Å². The maximum Gasteiger partial charge on any atom is 0.254 e. The van der Waals surface area contributed by atoms with Crippen LogP contribution in [0.25, 0.3) is 10.1 Å². The monoisotopic (exact) mass is 336 g/mol. The van der Waals surface area contributed by atoms with Crippen LogP contribution in [0.1, 0.15) is 21.5 Å². The third-order valence-corrected chi connectivity index (χ3v) is 5.44. The van der Waals surface area contributed by atoms with Crippen LogP contribution in [0.2, 0.25) is 0 Å². The Morgan fingerprint density at radius 3 is 2.67 bits per heavy atom. The molecule has 1 atom stereocenters. The van der Waals surface area contributed by atoms with Gasteiger partial charge in [0.15, 0.2) is 0 Å². The molecule has 1 aliphatic heterocycles. The Morgan fingerprint density at radius 1 is 1.08 bits per heavy atom. The molecular weight excluding hydrogens is 320 g/mol. The number of carbonyl (C=O) groups excluding carboxylic acids is 2. The molecule has 3 aromatic rings. The number of benzene rings is 2. The molecule has 0 fully saturated rings. The zero-order valence-electron chi connectivity index (χ0n) is 12.9. The van der Waals surface area contributed by atoms with Crippen molar-refractivity contribution in [3.05, 3.63) is 70.6 Å². The van der Waals surface area contributed by atoms with Crippen molar-refractivity contribution in [3.8, 4) is 0 Å². The van der Waals surface area contributed by atoms with Gasteiger partial charge in [0.05, 0.1) is 0 Å². The summed E-state index contributed by atoms with van der Waals surface area (Å²) in [6, 6.07) is 14.9. The van der Waals surface area contributed by atoms with Crippen molar-refractivity contribution < 1.29 is 9.59 Å². The smallest absolute Gasteiger partial charge is 0.254 e. The third kappa shape index (κ3) is 2.47. The van der Waals surface area contributed by atoms with Gasteiger partial charge in [-0.2, -0.15) is 0 Å². The molecule has 24 heavy (non-hydrogen) atoms. The highest BCUT2D eigenvalue weighted by molar-refractivity contribution is 7.17. The van der Waals surface area contributed by atoms with E-state index in [0.29, 0.717) is 18.5 Å². The first-order chi connectivity index (χ1) is 11.6. The van der Waals surface area contributed by atoms with Gasteiger partial charge in [-0.3, -0.25) is 9.59 Å². The van der Waals surface area contributed by atoms with Crippen LogP contribution in [-0.4, -0.2) is 22.8 Å². The minimum Gasteiger partial charge on any atom is -0.368 e.